The highest BCUT2D eigenvalue weighted by Gasteiger charge is 2.12. The van der Waals surface area contributed by atoms with Crippen LogP contribution >= 0.6 is 0 Å². The number of aliphatic hydroxyl groups excluding tert-OH is 1. The van der Waals surface area contributed by atoms with Crippen LogP contribution in [0.4, 0.5) is 5.69 Å². The van der Waals surface area contributed by atoms with Gasteiger partial charge in [0, 0.05) is 23.4 Å². The third-order valence-corrected chi connectivity index (χ3v) is 2.41. The van der Waals surface area contributed by atoms with Crippen molar-refractivity contribution >= 4 is 5.69 Å². The second kappa shape index (κ2) is 4.34. The first kappa shape index (κ1) is 11.3. The number of hydrogen-bond donors (Lipinski definition) is 2. The predicted molar refractivity (Wildman–Crippen MR) is 61.3 cm³/mol. The van der Waals surface area contributed by atoms with Crippen LogP contribution in [0.1, 0.15) is 11.5 Å². The fourth-order valence-electron chi connectivity index (χ4n) is 1.65. The van der Waals surface area contributed by atoms with Gasteiger partial charge in [0.2, 0.25) is 0 Å². The Bertz CT molecular complexity index is 563. The highest BCUT2D eigenvalue weighted by atomic mass is 16.6. The molecule has 6 heteroatoms. The van der Waals surface area contributed by atoms with E-state index in [0.717, 1.165) is 5.69 Å². The molecule has 2 aromatic rings. The Morgan fingerprint density at radius 3 is 2.88 bits per heavy atom. The minimum absolute atomic E-state index is 0.0236. The monoisotopic (exact) mass is 233 g/mol. The van der Waals surface area contributed by atoms with Crippen molar-refractivity contribution in [2.75, 3.05) is 0 Å². The Morgan fingerprint density at radius 1 is 1.53 bits per heavy atom. The number of rotatable bonds is 3. The standard InChI is InChI=1S/C11H11N3O3/c1-7-11(13-10(6-15)12-7)8-3-2-4-9(5-8)14(16)17/h2-5,15H,6H2,1H3,(H,12,13). The second-order valence-corrected chi connectivity index (χ2v) is 3.62. The van der Waals surface area contributed by atoms with Gasteiger partial charge in [0.15, 0.2) is 0 Å². The number of nitrogens with one attached hydrogen (secondary N) is 1. The van der Waals surface area contributed by atoms with E-state index in [4.69, 9.17) is 5.11 Å². The molecule has 0 saturated carbocycles. The number of aliphatic hydroxyl groups is 1. The van der Waals surface area contributed by atoms with Gasteiger partial charge in [-0.1, -0.05) is 12.1 Å². The fourth-order valence-corrected chi connectivity index (χ4v) is 1.65. The van der Waals surface area contributed by atoms with Gasteiger partial charge < -0.3 is 10.1 Å². The van der Waals surface area contributed by atoms with Gasteiger partial charge in [-0.05, 0) is 6.92 Å². The number of aromatic nitrogens is 2. The van der Waals surface area contributed by atoms with Gasteiger partial charge in [0.05, 0.1) is 10.6 Å². The zero-order chi connectivity index (χ0) is 12.4. The number of nitro groups is 1. The van der Waals surface area contributed by atoms with Crippen LogP contribution < -0.4 is 0 Å². The summed E-state index contributed by atoms with van der Waals surface area (Å²) in [6.07, 6.45) is 0. The molecule has 0 fully saturated rings. The maximum absolute atomic E-state index is 10.7. The molecule has 0 spiro atoms. The normalized spacial score (nSPS) is 10.5. The number of aromatic amines is 1. The molecule has 6 nitrogen and oxygen atoms in total. The average molecular weight is 233 g/mol. The molecule has 0 unspecified atom stereocenters. The lowest BCUT2D eigenvalue weighted by atomic mass is 10.1. The van der Waals surface area contributed by atoms with Crippen LogP contribution in [0.3, 0.4) is 0 Å². The van der Waals surface area contributed by atoms with E-state index < -0.39 is 4.92 Å². The largest absolute Gasteiger partial charge is 0.388 e. The average Bonchev–Trinajstić information content (AvgIpc) is 2.71. The molecule has 88 valence electrons. The van der Waals surface area contributed by atoms with Crippen LogP contribution in [0, 0.1) is 17.0 Å². The molecule has 0 saturated heterocycles. The molecule has 2 rings (SSSR count). The van der Waals surface area contributed by atoms with Crippen LogP contribution in [0.25, 0.3) is 11.3 Å². The summed E-state index contributed by atoms with van der Waals surface area (Å²) in [6.45, 7) is 1.62. The summed E-state index contributed by atoms with van der Waals surface area (Å²) in [5, 5.41) is 19.6. The molecule has 0 bridgehead atoms. The fraction of sp³-hybridized carbons (Fsp3) is 0.182. The van der Waals surface area contributed by atoms with Crippen molar-refractivity contribution in [1.82, 2.24) is 9.97 Å². The summed E-state index contributed by atoms with van der Waals surface area (Å²) >= 11 is 0. The molecule has 1 aromatic heterocycles. The van der Waals surface area contributed by atoms with Crippen LogP contribution in [0.15, 0.2) is 24.3 Å². The zero-order valence-corrected chi connectivity index (χ0v) is 9.17. The summed E-state index contributed by atoms with van der Waals surface area (Å²) < 4.78 is 0. The van der Waals surface area contributed by atoms with Crippen molar-refractivity contribution in [2.45, 2.75) is 13.5 Å². The van der Waals surface area contributed by atoms with E-state index in [1.165, 1.54) is 12.1 Å². The van der Waals surface area contributed by atoms with E-state index >= 15 is 0 Å². The van der Waals surface area contributed by atoms with E-state index in [9.17, 15) is 10.1 Å². The molecule has 1 aromatic carbocycles. The molecular formula is C11H11N3O3. The van der Waals surface area contributed by atoms with Crippen molar-refractivity contribution in [3.05, 3.63) is 45.9 Å². The second-order valence-electron chi connectivity index (χ2n) is 3.62. The van der Waals surface area contributed by atoms with Gasteiger partial charge in [0.25, 0.3) is 5.69 Å². The molecule has 0 aliphatic heterocycles. The summed E-state index contributed by atoms with van der Waals surface area (Å²) in [4.78, 5) is 17.3. The highest BCUT2D eigenvalue weighted by Crippen LogP contribution is 2.24. The van der Waals surface area contributed by atoms with Crippen LogP contribution in [-0.2, 0) is 6.61 Å². The van der Waals surface area contributed by atoms with E-state index in [2.05, 4.69) is 9.97 Å². The third kappa shape index (κ3) is 2.16. The maximum Gasteiger partial charge on any atom is 0.270 e. The number of hydrogen-bond acceptors (Lipinski definition) is 4. The Labute approximate surface area is 97.1 Å². The van der Waals surface area contributed by atoms with Gasteiger partial charge >= 0.3 is 0 Å². The van der Waals surface area contributed by atoms with E-state index in [-0.39, 0.29) is 12.3 Å². The minimum Gasteiger partial charge on any atom is -0.388 e. The molecular weight excluding hydrogens is 222 g/mol. The summed E-state index contributed by atoms with van der Waals surface area (Å²) in [6, 6.07) is 6.25. The van der Waals surface area contributed by atoms with Crippen molar-refractivity contribution in [2.24, 2.45) is 0 Å². The number of H-pyrrole nitrogens is 1. The SMILES string of the molecule is Cc1[nH]c(CO)nc1-c1cccc([N+](=O)[O-])c1. The summed E-state index contributed by atoms with van der Waals surface area (Å²) in [5.74, 6) is 0.448. The number of imidazole rings is 1. The molecule has 1 heterocycles. The number of nitrogens with zero attached hydrogens (tertiary/aromatic N) is 2. The van der Waals surface area contributed by atoms with Crippen LogP contribution in [0.2, 0.25) is 0 Å². The lowest BCUT2D eigenvalue weighted by Gasteiger charge is -1.98. The molecule has 0 amide bonds. The maximum atomic E-state index is 10.7. The number of non-ortho nitro benzene ring substituents is 1. The topological polar surface area (TPSA) is 92.0 Å². The number of nitro benzene ring substituents is 1. The zero-order valence-electron chi connectivity index (χ0n) is 9.17. The Morgan fingerprint density at radius 2 is 2.29 bits per heavy atom. The molecule has 0 aliphatic rings. The predicted octanol–water partition coefficient (Wildman–Crippen LogP) is 1.79. The van der Waals surface area contributed by atoms with Crippen LogP contribution in [0.5, 0.6) is 0 Å². The Hall–Kier alpha value is -2.21. The first-order chi connectivity index (χ1) is 8.11. The molecule has 2 N–H and O–H groups in total. The van der Waals surface area contributed by atoms with E-state index in [1.807, 2.05) is 0 Å². The first-order valence-corrected chi connectivity index (χ1v) is 5.03. The summed E-state index contributed by atoms with van der Waals surface area (Å²) in [7, 11) is 0. The smallest absolute Gasteiger partial charge is 0.270 e. The highest BCUT2D eigenvalue weighted by molar-refractivity contribution is 5.64. The Balaban J connectivity index is 2.48. The quantitative estimate of drug-likeness (QED) is 0.624. The van der Waals surface area contributed by atoms with Crippen molar-refractivity contribution in [3.8, 4) is 11.3 Å². The van der Waals surface area contributed by atoms with Gasteiger partial charge in [0.1, 0.15) is 12.4 Å². The molecule has 0 radical (unpaired) electrons. The van der Waals surface area contributed by atoms with Crippen molar-refractivity contribution in [3.63, 3.8) is 0 Å². The van der Waals surface area contributed by atoms with Gasteiger partial charge in [-0.25, -0.2) is 4.98 Å². The lowest BCUT2D eigenvalue weighted by Crippen LogP contribution is -1.89. The van der Waals surface area contributed by atoms with Crippen LogP contribution in [-0.4, -0.2) is 20.0 Å². The summed E-state index contributed by atoms with van der Waals surface area (Å²) in [5.41, 5.74) is 2.08. The van der Waals surface area contributed by atoms with E-state index in [0.29, 0.717) is 17.1 Å². The Kier molecular flexibility index (Phi) is 2.88. The van der Waals surface area contributed by atoms with Gasteiger partial charge in [-0.2, -0.15) is 0 Å². The molecule has 0 atom stereocenters. The van der Waals surface area contributed by atoms with Gasteiger partial charge in [-0.15, -0.1) is 0 Å². The molecule has 0 aliphatic carbocycles. The van der Waals surface area contributed by atoms with Crippen molar-refractivity contribution in [1.29, 1.82) is 0 Å². The van der Waals surface area contributed by atoms with Gasteiger partial charge in [-0.3, -0.25) is 10.1 Å². The number of aryl methyl sites for hydroxylation is 1. The van der Waals surface area contributed by atoms with E-state index in [1.54, 1.807) is 19.1 Å². The van der Waals surface area contributed by atoms with Crippen molar-refractivity contribution < 1.29 is 10.0 Å². The first-order valence-electron chi connectivity index (χ1n) is 5.03. The third-order valence-electron chi connectivity index (χ3n) is 2.41. The molecule has 17 heavy (non-hydrogen) atoms. The lowest BCUT2D eigenvalue weighted by molar-refractivity contribution is -0.384. The number of benzene rings is 1. The minimum atomic E-state index is -0.446.